The molecule has 0 aliphatic carbocycles. The molecule has 1 saturated heterocycles. The Hall–Kier alpha value is -1.24. The van der Waals surface area contributed by atoms with Crippen LogP contribution in [0.4, 0.5) is 0 Å². The van der Waals surface area contributed by atoms with Gasteiger partial charge in [-0.05, 0) is 47.0 Å². The number of carbonyl (C=O) groups is 3. The van der Waals surface area contributed by atoms with Gasteiger partial charge in [0.25, 0.3) is 0 Å². The minimum Gasteiger partial charge on any atom is -0.480 e. The maximum absolute atomic E-state index is 12.3. The van der Waals surface area contributed by atoms with Crippen LogP contribution in [-0.4, -0.2) is 93.4 Å². The van der Waals surface area contributed by atoms with E-state index in [-0.39, 0.29) is 30.0 Å². The van der Waals surface area contributed by atoms with Gasteiger partial charge in [-0.25, -0.2) is 4.79 Å². The maximum atomic E-state index is 12.3. The molecule has 38 heavy (non-hydrogen) atoms. The standard InChI is InChI=1S/C27H49NO9S/c1-25(2,3)21(30)10-12-26(4,5)36-15-13-27(6,7)35-14-11-22(31)28-18(24(33)34)16-38-17-20-19(29)8-9-23(32)37-20/h18-20,23,29,32H,8-17H2,1-7H3,(H,28,31)(H,33,34)/t18?,19-,20?,23-/m0/s1. The van der Waals surface area contributed by atoms with E-state index in [0.717, 1.165) is 0 Å². The van der Waals surface area contributed by atoms with E-state index in [1.54, 1.807) is 0 Å². The van der Waals surface area contributed by atoms with E-state index in [9.17, 15) is 29.7 Å². The topological polar surface area (TPSA) is 152 Å². The predicted octanol–water partition coefficient (Wildman–Crippen LogP) is 2.91. The lowest BCUT2D eigenvalue weighted by molar-refractivity contribution is -0.190. The Labute approximate surface area is 231 Å². The van der Waals surface area contributed by atoms with Crippen molar-refractivity contribution in [3.63, 3.8) is 0 Å². The Morgan fingerprint density at radius 3 is 2.16 bits per heavy atom. The number of Topliss-reactive ketones (excluding diaryl/α,β-unsaturated/α-hetero) is 1. The predicted molar refractivity (Wildman–Crippen MR) is 146 cm³/mol. The molecular weight excluding hydrogens is 514 g/mol. The minimum absolute atomic E-state index is 0.00971. The number of aliphatic carboxylic acids is 1. The number of ether oxygens (including phenoxy) is 3. The van der Waals surface area contributed by atoms with Crippen LogP contribution in [0, 0.1) is 5.41 Å². The lowest BCUT2D eigenvalue weighted by atomic mass is 9.86. The first-order valence-corrected chi connectivity index (χ1v) is 14.5. The van der Waals surface area contributed by atoms with Crippen molar-refractivity contribution in [2.45, 2.75) is 123 Å². The van der Waals surface area contributed by atoms with Gasteiger partial charge < -0.3 is 34.8 Å². The monoisotopic (exact) mass is 563 g/mol. The summed E-state index contributed by atoms with van der Waals surface area (Å²) in [7, 11) is 0. The van der Waals surface area contributed by atoms with E-state index < -0.39 is 47.6 Å². The third-order valence-corrected chi connectivity index (χ3v) is 7.61. The number of ketones is 1. The molecule has 0 bridgehead atoms. The van der Waals surface area contributed by atoms with Crippen LogP contribution in [0.3, 0.4) is 0 Å². The Morgan fingerprint density at radius 1 is 0.947 bits per heavy atom. The lowest BCUT2D eigenvalue weighted by Crippen LogP contribution is -2.44. The van der Waals surface area contributed by atoms with Gasteiger partial charge in [-0.1, -0.05) is 20.8 Å². The first-order chi connectivity index (χ1) is 17.4. The van der Waals surface area contributed by atoms with E-state index in [1.807, 2.05) is 48.5 Å². The molecular formula is C27H49NO9S. The summed E-state index contributed by atoms with van der Waals surface area (Å²) >= 11 is 1.23. The number of carbonyl (C=O) groups excluding carboxylic acids is 2. The van der Waals surface area contributed by atoms with E-state index >= 15 is 0 Å². The van der Waals surface area contributed by atoms with Crippen molar-refractivity contribution >= 4 is 29.4 Å². The molecule has 0 aromatic rings. The van der Waals surface area contributed by atoms with Crippen LogP contribution in [0.15, 0.2) is 0 Å². The van der Waals surface area contributed by atoms with Gasteiger partial charge >= 0.3 is 5.97 Å². The second-order valence-corrected chi connectivity index (χ2v) is 13.2. The highest BCUT2D eigenvalue weighted by Crippen LogP contribution is 2.25. The van der Waals surface area contributed by atoms with Crippen LogP contribution in [0.25, 0.3) is 0 Å². The molecule has 1 fully saturated rings. The molecule has 0 spiro atoms. The van der Waals surface area contributed by atoms with Crippen molar-refractivity contribution in [2.75, 3.05) is 24.7 Å². The molecule has 1 amide bonds. The number of nitrogens with one attached hydrogen (secondary N) is 1. The molecule has 11 heteroatoms. The second kappa shape index (κ2) is 15.5. The van der Waals surface area contributed by atoms with Gasteiger partial charge in [-0.2, -0.15) is 11.8 Å². The molecule has 10 nitrogen and oxygen atoms in total. The van der Waals surface area contributed by atoms with Gasteiger partial charge in [0.2, 0.25) is 5.91 Å². The number of rotatable bonds is 17. The summed E-state index contributed by atoms with van der Waals surface area (Å²) in [5.41, 5.74) is -1.35. The van der Waals surface area contributed by atoms with Gasteiger partial charge in [-0.15, -0.1) is 0 Å². The summed E-state index contributed by atoms with van der Waals surface area (Å²) in [6.45, 7) is 14.0. The molecule has 1 rings (SSSR count). The van der Waals surface area contributed by atoms with Crippen LogP contribution in [0.1, 0.15) is 87.0 Å². The van der Waals surface area contributed by atoms with Gasteiger partial charge in [0.05, 0.1) is 43.0 Å². The molecule has 4 N–H and O–H groups in total. The molecule has 222 valence electrons. The molecule has 2 unspecified atom stereocenters. The van der Waals surface area contributed by atoms with Crippen LogP contribution >= 0.6 is 11.8 Å². The number of hydrogen-bond acceptors (Lipinski definition) is 9. The summed E-state index contributed by atoms with van der Waals surface area (Å²) in [6.07, 6.45) is 0.252. The highest BCUT2D eigenvalue weighted by molar-refractivity contribution is 7.99. The summed E-state index contributed by atoms with van der Waals surface area (Å²) in [5, 5.41) is 31.5. The van der Waals surface area contributed by atoms with Gasteiger partial charge in [-0.3, -0.25) is 9.59 Å². The Kier molecular flexibility index (Phi) is 14.2. The zero-order chi connectivity index (χ0) is 29.1. The summed E-state index contributed by atoms with van der Waals surface area (Å²) in [5.74, 6) is -0.970. The fourth-order valence-electron chi connectivity index (χ4n) is 3.68. The fraction of sp³-hybridized carbons (Fsp3) is 0.889. The number of carboxylic acids is 1. The molecule has 1 aliphatic heterocycles. The third-order valence-electron chi connectivity index (χ3n) is 6.48. The van der Waals surface area contributed by atoms with E-state index in [1.165, 1.54) is 11.8 Å². The van der Waals surface area contributed by atoms with Crippen molar-refractivity contribution < 1.29 is 43.9 Å². The Morgan fingerprint density at radius 2 is 1.55 bits per heavy atom. The van der Waals surface area contributed by atoms with Crippen LogP contribution in [-0.2, 0) is 28.6 Å². The van der Waals surface area contributed by atoms with Crippen LogP contribution in [0.2, 0.25) is 0 Å². The molecule has 4 atom stereocenters. The zero-order valence-electron chi connectivity index (χ0n) is 24.1. The molecule has 0 radical (unpaired) electrons. The van der Waals surface area contributed by atoms with Crippen molar-refractivity contribution in [1.82, 2.24) is 5.32 Å². The summed E-state index contributed by atoms with van der Waals surface area (Å²) in [4.78, 5) is 36.1. The highest BCUT2D eigenvalue weighted by atomic mass is 32.2. The summed E-state index contributed by atoms with van der Waals surface area (Å²) < 4.78 is 17.2. The first-order valence-electron chi connectivity index (χ1n) is 13.3. The number of aliphatic hydroxyl groups is 2. The number of hydrogen-bond donors (Lipinski definition) is 4. The second-order valence-electron chi connectivity index (χ2n) is 12.2. The number of amides is 1. The third kappa shape index (κ3) is 14.2. The molecule has 0 aromatic heterocycles. The first kappa shape index (κ1) is 34.8. The van der Waals surface area contributed by atoms with Crippen molar-refractivity contribution in [3.8, 4) is 0 Å². The van der Waals surface area contributed by atoms with Crippen LogP contribution < -0.4 is 5.32 Å². The van der Waals surface area contributed by atoms with Gasteiger partial charge in [0.15, 0.2) is 6.29 Å². The quantitative estimate of drug-likeness (QED) is 0.208. The Balaban J connectivity index is 2.34. The zero-order valence-corrected chi connectivity index (χ0v) is 24.9. The van der Waals surface area contributed by atoms with Crippen molar-refractivity contribution in [2.24, 2.45) is 5.41 Å². The highest BCUT2D eigenvalue weighted by Gasteiger charge is 2.30. The molecule has 0 aromatic carbocycles. The molecule has 0 saturated carbocycles. The van der Waals surface area contributed by atoms with Crippen molar-refractivity contribution in [1.29, 1.82) is 0 Å². The largest absolute Gasteiger partial charge is 0.480 e. The van der Waals surface area contributed by atoms with E-state index in [4.69, 9.17) is 14.2 Å². The molecule has 1 aliphatic rings. The number of thioether (sulfide) groups is 1. The number of carboxylic acid groups (broad SMARTS) is 1. The fourth-order valence-corrected chi connectivity index (χ4v) is 4.81. The minimum atomic E-state index is -1.15. The van der Waals surface area contributed by atoms with E-state index in [0.29, 0.717) is 44.5 Å². The average Bonchev–Trinajstić information content (AvgIpc) is 2.77. The number of aliphatic hydroxyl groups excluding tert-OH is 2. The average molecular weight is 564 g/mol. The smallest absolute Gasteiger partial charge is 0.327 e. The SMILES string of the molecule is CC(C)(CCOC(C)(C)CCC(=O)C(C)(C)C)OCCC(=O)NC(CSCC1O[C@H](O)CC[C@@H]1O)C(=O)O. The van der Waals surface area contributed by atoms with Crippen LogP contribution in [0.5, 0.6) is 0 Å². The summed E-state index contributed by atoms with van der Waals surface area (Å²) in [6, 6.07) is -1.09. The van der Waals surface area contributed by atoms with E-state index in [2.05, 4.69) is 5.32 Å². The van der Waals surface area contributed by atoms with Gasteiger partial charge in [0.1, 0.15) is 11.8 Å². The molecule has 1 heterocycles. The maximum Gasteiger partial charge on any atom is 0.327 e. The van der Waals surface area contributed by atoms with Crippen molar-refractivity contribution in [3.05, 3.63) is 0 Å². The normalized spacial score (nSPS) is 21.7. The lowest BCUT2D eigenvalue weighted by Gasteiger charge is -2.31. The Bertz CT molecular complexity index is 766. The van der Waals surface area contributed by atoms with Gasteiger partial charge in [0, 0.05) is 29.8 Å².